The van der Waals surface area contributed by atoms with E-state index in [1.807, 2.05) is 30.3 Å². The van der Waals surface area contributed by atoms with Crippen LogP contribution >= 0.6 is 0 Å². The molecule has 0 amide bonds. The number of fused-ring (bicyclic) bond motifs is 1. The first-order chi connectivity index (χ1) is 14.1. The summed E-state index contributed by atoms with van der Waals surface area (Å²) in [7, 11) is -3.59. The molecule has 1 spiro atoms. The Hall–Kier alpha value is -2.55. The molecule has 2 aliphatic rings. The van der Waals surface area contributed by atoms with Crippen LogP contribution in [0.1, 0.15) is 12.8 Å². The van der Waals surface area contributed by atoms with Gasteiger partial charge in [-0.2, -0.15) is 4.31 Å². The Kier molecular flexibility index (Phi) is 4.49. The summed E-state index contributed by atoms with van der Waals surface area (Å²) in [4.78, 5) is 11.5. The summed E-state index contributed by atoms with van der Waals surface area (Å²) in [6, 6.07) is 16.5. The van der Waals surface area contributed by atoms with Gasteiger partial charge in [0.25, 0.3) is 0 Å². The maximum atomic E-state index is 13.2. The summed E-state index contributed by atoms with van der Waals surface area (Å²) in [6.07, 6.45) is 2.94. The zero-order valence-electron chi connectivity index (χ0n) is 15.9. The normalized spacial score (nSPS) is 19.8. The van der Waals surface area contributed by atoms with Crippen LogP contribution < -0.4 is 4.90 Å². The van der Waals surface area contributed by atoms with Gasteiger partial charge in [0.05, 0.1) is 11.5 Å². The summed E-state index contributed by atoms with van der Waals surface area (Å²) >= 11 is 0. The molecule has 4 heterocycles. The van der Waals surface area contributed by atoms with Gasteiger partial charge in [-0.15, -0.1) is 0 Å². The lowest BCUT2D eigenvalue weighted by Crippen LogP contribution is -2.55. The second kappa shape index (κ2) is 7.05. The van der Waals surface area contributed by atoms with E-state index in [2.05, 4.69) is 14.9 Å². The highest BCUT2D eigenvalue weighted by Gasteiger charge is 2.50. The number of ether oxygens (including phenoxy) is 1. The summed E-state index contributed by atoms with van der Waals surface area (Å²) < 4.78 is 34.0. The molecule has 0 bridgehead atoms. The van der Waals surface area contributed by atoms with Gasteiger partial charge in [0.1, 0.15) is 11.5 Å². The first-order valence-electron chi connectivity index (χ1n) is 9.77. The molecule has 8 heteroatoms. The predicted octanol–water partition coefficient (Wildman–Crippen LogP) is 2.65. The molecule has 2 aliphatic heterocycles. The first-order valence-corrected chi connectivity index (χ1v) is 11.2. The third-order valence-corrected chi connectivity index (χ3v) is 7.73. The number of anilines is 1. The van der Waals surface area contributed by atoms with Crippen molar-refractivity contribution in [2.75, 3.05) is 31.1 Å². The molecule has 2 saturated heterocycles. The molecule has 1 aromatic carbocycles. The quantitative estimate of drug-likeness (QED) is 0.661. The molecule has 0 aliphatic carbocycles. The Morgan fingerprint density at radius 3 is 2.52 bits per heavy atom. The van der Waals surface area contributed by atoms with Crippen molar-refractivity contribution in [2.45, 2.75) is 23.5 Å². The Bertz CT molecular complexity index is 1130. The van der Waals surface area contributed by atoms with Crippen molar-refractivity contribution in [1.29, 1.82) is 0 Å². The molecule has 2 aromatic heterocycles. The van der Waals surface area contributed by atoms with Crippen LogP contribution in [0.2, 0.25) is 0 Å². The van der Waals surface area contributed by atoms with Crippen molar-refractivity contribution in [3.05, 3.63) is 60.8 Å². The van der Waals surface area contributed by atoms with Gasteiger partial charge in [0.15, 0.2) is 5.65 Å². The van der Waals surface area contributed by atoms with E-state index >= 15 is 0 Å². The number of hydrogen-bond acceptors (Lipinski definition) is 6. The van der Waals surface area contributed by atoms with E-state index in [4.69, 9.17) is 4.74 Å². The fraction of sp³-hybridized carbons (Fsp3) is 0.333. The Balaban J connectivity index is 1.38. The van der Waals surface area contributed by atoms with Crippen LogP contribution in [0, 0.1) is 0 Å². The fourth-order valence-corrected chi connectivity index (χ4v) is 6.00. The number of sulfonamides is 1. The van der Waals surface area contributed by atoms with Gasteiger partial charge in [-0.3, -0.25) is 0 Å². The van der Waals surface area contributed by atoms with Crippen molar-refractivity contribution in [2.24, 2.45) is 0 Å². The largest absolute Gasteiger partial charge is 0.358 e. The zero-order valence-corrected chi connectivity index (χ0v) is 16.8. The van der Waals surface area contributed by atoms with Gasteiger partial charge in [-0.05, 0) is 36.4 Å². The van der Waals surface area contributed by atoms with Gasteiger partial charge < -0.3 is 9.64 Å². The van der Waals surface area contributed by atoms with E-state index in [1.165, 1.54) is 0 Å². The summed E-state index contributed by atoms with van der Waals surface area (Å²) in [6.45, 7) is 2.15. The van der Waals surface area contributed by atoms with E-state index in [1.54, 1.807) is 34.8 Å². The molecule has 150 valence electrons. The summed E-state index contributed by atoms with van der Waals surface area (Å²) in [5, 5.41) is 1.00. The number of pyridine rings is 2. The molecule has 0 atom stereocenters. The standard InChI is InChI=1S/C21H22N4O3S/c26-29(27,18-6-2-1-3-7-18)25-15-16-28-21(25)10-13-24(14-11-21)19-9-8-17-5-4-12-22-20(17)23-19/h1-9,12H,10-11,13-16H2. The van der Waals surface area contributed by atoms with Crippen LogP contribution in [-0.2, 0) is 14.8 Å². The minimum absolute atomic E-state index is 0.314. The van der Waals surface area contributed by atoms with Crippen LogP contribution in [0.15, 0.2) is 65.7 Å². The van der Waals surface area contributed by atoms with Gasteiger partial charge in [-0.25, -0.2) is 18.4 Å². The van der Waals surface area contributed by atoms with Crippen molar-refractivity contribution >= 4 is 26.9 Å². The second-order valence-electron chi connectivity index (χ2n) is 7.39. The second-order valence-corrected chi connectivity index (χ2v) is 9.25. The number of piperidine rings is 1. The SMILES string of the molecule is O=S(=O)(c1ccccc1)N1CCOC12CCN(c1ccc3cccnc3n1)CC2. The number of hydrogen-bond donors (Lipinski definition) is 0. The minimum atomic E-state index is -3.59. The first kappa shape index (κ1) is 18.5. The molecule has 2 fully saturated rings. The number of nitrogens with zero attached hydrogens (tertiary/aromatic N) is 4. The van der Waals surface area contributed by atoms with E-state index < -0.39 is 15.7 Å². The smallest absolute Gasteiger partial charge is 0.245 e. The fourth-order valence-electron chi connectivity index (χ4n) is 4.25. The van der Waals surface area contributed by atoms with E-state index in [-0.39, 0.29) is 0 Å². The molecule has 0 unspecified atom stereocenters. The third kappa shape index (κ3) is 3.17. The van der Waals surface area contributed by atoms with Crippen molar-refractivity contribution < 1.29 is 13.2 Å². The van der Waals surface area contributed by atoms with Crippen LogP contribution in [0.5, 0.6) is 0 Å². The lowest BCUT2D eigenvalue weighted by atomic mass is 10.0. The number of benzene rings is 1. The topological polar surface area (TPSA) is 75.6 Å². The average molecular weight is 410 g/mol. The van der Waals surface area contributed by atoms with Crippen molar-refractivity contribution in [1.82, 2.24) is 14.3 Å². The monoisotopic (exact) mass is 410 g/mol. The molecule has 0 radical (unpaired) electrons. The highest BCUT2D eigenvalue weighted by molar-refractivity contribution is 7.89. The van der Waals surface area contributed by atoms with Crippen molar-refractivity contribution in [3.63, 3.8) is 0 Å². The van der Waals surface area contributed by atoms with Gasteiger partial charge in [-0.1, -0.05) is 18.2 Å². The Morgan fingerprint density at radius 2 is 1.72 bits per heavy atom. The zero-order chi connectivity index (χ0) is 19.9. The van der Waals surface area contributed by atoms with Crippen LogP contribution in [-0.4, -0.2) is 54.7 Å². The third-order valence-electron chi connectivity index (χ3n) is 5.77. The predicted molar refractivity (Wildman–Crippen MR) is 110 cm³/mol. The Labute approximate surface area is 170 Å². The maximum absolute atomic E-state index is 13.2. The van der Waals surface area contributed by atoms with Crippen LogP contribution in [0.4, 0.5) is 5.82 Å². The van der Waals surface area contributed by atoms with Gasteiger partial charge in [0, 0.05) is 44.1 Å². The minimum Gasteiger partial charge on any atom is -0.358 e. The number of rotatable bonds is 3. The molecule has 0 saturated carbocycles. The molecule has 7 nitrogen and oxygen atoms in total. The molecular formula is C21H22N4O3S. The molecule has 3 aromatic rings. The highest BCUT2D eigenvalue weighted by Crippen LogP contribution is 2.39. The van der Waals surface area contributed by atoms with Crippen LogP contribution in [0.25, 0.3) is 11.0 Å². The van der Waals surface area contributed by atoms with Crippen LogP contribution in [0.3, 0.4) is 0 Å². The van der Waals surface area contributed by atoms with E-state index in [9.17, 15) is 8.42 Å². The summed E-state index contributed by atoms with van der Waals surface area (Å²) in [5.41, 5.74) is -0.0593. The van der Waals surface area contributed by atoms with Gasteiger partial charge in [0.2, 0.25) is 10.0 Å². The van der Waals surface area contributed by atoms with Crippen molar-refractivity contribution in [3.8, 4) is 0 Å². The molecule has 29 heavy (non-hydrogen) atoms. The molecular weight excluding hydrogens is 388 g/mol. The molecule has 0 N–H and O–H groups in total. The highest BCUT2D eigenvalue weighted by atomic mass is 32.2. The van der Waals surface area contributed by atoms with Gasteiger partial charge >= 0.3 is 0 Å². The Morgan fingerprint density at radius 1 is 0.931 bits per heavy atom. The lowest BCUT2D eigenvalue weighted by molar-refractivity contribution is -0.0665. The average Bonchev–Trinajstić information content (AvgIpc) is 3.18. The summed E-state index contributed by atoms with van der Waals surface area (Å²) in [5.74, 6) is 0.863. The van der Waals surface area contributed by atoms with E-state index in [0.29, 0.717) is 44.0 Å². The maximum Gasteiger partial charge on any atom is 0.245 e. The number of aromatic nitrogens is 2. The lowest BCUT2D eigenvalue weighted by Gasteiger charge is -2.43. The van der Waals surface area contributed by atoms with E-state index in [0.717, 1.165) is 16.9 Å². The molecule has 5 rings (SSSR count).